The summed E-state index contributed by atoms with van der Waals surface area (Å²) < 4.78 is 0. The standard InChI is InChI=1S/C28H35NO/c1-20-22-15-25-17-23(20)18-26(16-22)28(25,24-11-7-4-8-12-24)19-27(30)29(2)14-13-21-9-5-3-6-10-21/h3-12,20,22-23,25-26H,13-19H2,1-2H3. The molecular formula is C28H35NO. The van der Waals surface area contributed by atoms with Gasteiger partial charge in [-0.05, 0) is 72.8 Å². The van der Waals surface area contributed by atoms with Crippen LogP contribution in [0, 0.1) is 29.6 Å². The van der Waals surface area contributed by atoms with Gasteiger partial charge in [0, 0.05) is 25.4 Å². The largest absolute Gasteiger partial charge is 0.345 e. The minimum absolute atomic E-state index is 0.0481. The fourth-order valence-electron chi connectivity index (χ4n) is 7.33. The van der Waals surface area contributed by atoms with Gasteiger partial charge in [0.2, 0.25) is 5.91 Å². The average molecular weight is 402 g/mol. The van der Waals surface area contributed by atoms with Crippen molar-refractivity contribution >= 4 is 5.91 Å². The number of hydrogen-bond acceptors (Lipinski definition) is 1. The molecule has 158 valence electrons. The summed E-state index contributed by atoms with van der Waals surface area (Å²) in [5, 5.41) is 0. The second kappa shape index (κ2) is 7.87. The molecule has 6 rings (SSSR count). The maximum absolute atomic E-state index is 13.5. The Morgan fingerprint density at radius 2 is 1.43 bits per heavy atom. The Bertz CT molecular complexity index is 844. The Morgan fingerprint density at radius 1 is 0.900 bits per heavy atom. The van der Waals surface area contributed by atoms with Crippen molar-refractivity contribution in [2.45, 2.75) is 50.9 Å². The van der Waals surface area contributed by atoms with Gasteiger partial charge in [-0.25, -0.2) is 0 Å². The van der Waals surface area contributed by atoms with Gasteiger partial charge in [0.15, 0.2) is 0 Å². The van der Waals surface area contributed by atoms with Crippen LogP contribution < -0.4 is 0 Å². The minimum atomic E-state index is 0.0481. The smallest absolute Gasteiger partial charge is 0.223 e. The van der Waals surface area contributed by atoms with Gasteiger partial charge in [0.05, 0.1) is 0 Å². The highest BCUT2D eigenvalue weighted by Gasteiger charge is 2.60. The number of rotatable bonds is 6. The van der Waals surface area contributed by atoms with E-state index in [9.17, 15) is 4.79 Å². The Labute approximate surface area is 181 Å². The van der Waals surface area contributed by atoms with Gasteiger partial charge in [-0.3, -0.25) is 4.79 Å². The second-order valence-electron chi connectivity index (χ2n) is 10.3. The van der Waals surface area contributed by atoms with E-state index >= 15 is 0 Å². The number of benzene rings is 2. The fraction of sp³-hybridized carbons (Fsp3) is 0.536. The summed E-state index contributed by atoms with van der Waals surface area (Å²) in [6, 6.07) is 21.6. The zero-order valence-electron chi connectivity index (χ0n) is 18.5. The molecule has 0 spiro atoms. The molecule has 0 atom stereocenters. The maximum atomic E-state index is 13.5. The molecule has 0 radical (unpaired) electrons. The Kier molecular flexibility index (Phi) is 5.21. The van der Waals surface area contributed by atoms with E-state index in [0.29, 0.717) is 24.2 Å². The molecule has 0 saturated heterocycles. The van der Waals surface area contributed by atoms with Crippen molar-refractivity contribution in [3.05, 3.63) is 71.8 Å². The second-order valence-corrected chi connectivity index (χ2v) is 10.3. The van der Waals surface area contributed by atoms with Crippen LogP contribution in [-0.2, 0) is 16.6 Å². The number of carbonyl (C=O) groups is 1. The van der Waals surface area contributed by atoms with Gasteiger partial charge in [0.25, 0.3) is 0 Å². The van der Waals surface area contributed by atoms with E-state index < -0.39 is 0 Å². The molecule has 0 N–H and O–H groups in total. The van der Waals surface area contributed by atoms with Crippen LogP contribution in [-0.4, -0.2) is 24.4 Å². The predicted octanol–water partition coefficient (Wildman–Crippen LogP) is 5.72. The average Bonchev–Trinajstić information content (AvgIpc) is 2.77. The molecule has 4 aliphatic carbocycles. The van der Waals surface area contributed by atoms with E-state index in [4.69, 9.17) is 0 Å². The molecule has 4 bridgehead atoms. The number of carbonyl (C=O) groups excluding carboxylic acids is 1. The summed E-state index contributed by atoms with van der Waals surface area (Å²) >= 11 is 0. The molecule has 30 heavy (non-hydrogen) atoms. The third kappa shape index (κ3) is 3.29. The normalized spacial score (nSPS) is 34.1. The topological polar surface area (TPSA) is 20.3 Å². The first-order valence-electron chi connectivity index (χ1n) is 11.9. The fourth-order valence-corrected chi connectivity index (χ4v) is 7.33. The van der Waals surface area contributed by atoms with Crippen LogP contribution in [0.2, 0.25) is 0 Å². The first kappa shape index (κ1) is 19.8. The molecule has 2 heteroatoms. The molecule has 0 aliphatic heterocycles. The van der Waals surface area contributed by atoms with Crippen LogP contribution in [0.3, 0.4) is 0 Å². The Morgan fingerprint density at radius 3 is 2.00 bits per heavy atom. The van der Waals surface area contributed by atoms with Crippen molar-refractivity contribution in [3.63, 3.8) is 0 Å². The molecular weight excluding hydrogens is 366 g/mol. The van der Waals surface area contributed by atoms with Crippen molar-refractivity contribution in [1.29, 1.82) is 0 Å². The number of likely N-dealkylation sites (N-methyl/N-ethyl adjacent to an activating group) is 1. The summed E-state index contributed by atoms with van der Waals surface area (Å²) in [6.45, 7) is 3.28. The zero-order chi connectivity index (χ0) is 20.7. The predicted molar refractivity (Wildman–Crippen MR) is 122 cm³/mol. The summed E-state index contributed by atoms with van der Waals surface area (Å²) in [6.07, 6.45) is 6.91. The zero-order valence-corrected chi connectivity index (χ0v) is 18.5. The third-order valence-corrected chi connectivity index (χ3v) is 9.05. The van der Waals surface area contributed by atoms with Gasteiger partial charge < -0.3 is 4.90 Å². The quantitative estimate of drug-likeness (QED) is 0.606. The number of hydrogen-bond donors (Lipinski definition) is 0. The molecule has 0 heterocycles. The lowest BCUT2D eigenvalue weighted by molar-refractivity contribution is -0.141. The lowest BCUT2D eigenvalue weighted by Crippen LogP contribution is -2.59. The van der Waals surface area contributed by atoms with Crippen molar-refractivity contribution < 1.29 is 4.79 Å². The molecule has 4 saturated carbocycles. The van der Waals surface area contributed by atoms with Crippen LogP contribution in [0.5, 0.6) is 0 Å². The summed E-state index contributed by atoms with van der Waals surface area (Å²) in [5.41, 5.74) is 2.78. The van der Waals surface area contributed by atoms with Gasteiger partial charge >= 0.3 is 0 Å². The van der Waals surface area contributed by atoms with Crippen LogP contribution in [0.4, 0.5) is 0 Å². The van der Waals surface area contributed by atoms with Gasteiger partial charge in [-0.1, -0.05) is 67.6 Å². The van der Waals surface area contributed by atoms with Crippen LogP contribution in [0.25, 0.3) is 0 Å². The molecule has 2 aromatic rings. The molecule has 0 aromatic heterocycles. The minimum Gasteiger partial charge on any atom is -0.345 e. The third-order valence-electron chi connectivity index (χ3n) is 9.05. The first-order chi connectivity index (χ1) is 14.6. The molecule has 4 fully saturated rings. The lowest BCUT2D eigenvalue weighted by atomic mass is 9.41. The van der Waals surface area contributed by atoms with Crippen molar-refractivity contribution in [2.75, 3.05) is 13.6 Å². The van der Waals surface area contributed by atoms with E-state index in [-0.39, 0.29) is 5.41 Å². The van der Waals surface area contributed by atoms with Crippen molar-refractivity contribution in [3.8, 4) is 0 Å². The van der Waals surface area contributed by atoms with E-state index in [2.05, 4.69) is 67.6 Å². The van der Waals surface area contributed by atoms with Crippen molar-refractivity contribution in [2.24, 2.45) is 29.6 Å². The SMILES string of the molecule is CC1C2CC3CC1CC(C2)C3(CC(=O)N(C)CCc1ccccc1)c1ccccc1. The first-order valence-corrected chi connectivity index (χ1v) is 11.9. The van der Waals surface area contributed by atoms with Crippen LogP contribution in [0.15, 0.2) is 60.7 Å². The summed E-state index contributed by atoms with van der Waals surface area (Å²) in [4.78, 5) is 15.5. The van der Waals surface area contributed by atoms with Crippen LogP contribution in [0.1, 0.15) is 50.2 Å². The van der Waals surface area contributed by atoms with Gasteiger partial charge in [-0.2, -0.15) is 0 Å². The highest BCUT2D eigenvalue weighted by Crippen LogP contribution is 2.65. The summed E-state index contributed by atoms with van der Waals surface area (Å²) in [5.74, 6) is 4.33. The monoisotopic (exact) mass is 401 g/mol. The maximum Gasteiger partial charge on any atom is 0.223 e. The van der Waals surface area contributed by atoms with E-state index in [1.807, 2.05) is 11.9 Å². The molecule has 2 aromatic carbocycles. The Balaban J connectivity index is 1.38. The number of amides is 1. The van der Waals surface area contributed by atoms with E-state index in [0.717, 1.165) is 30.7 Å². The lowest BCUT2D eigenvalue weighted by Gasteiger charge is -2.63. The molecule has 1 amide bonds. The van der Waals surface area contributed by atoms with Crippen molar-refractivity contribution in [1.82, 2.24) is 4.90 Å². The van der Waals surface area contributed by atoms with Crippen LogP contribution >= 0.6 is 0 Å². The van der Waals surface area contributed by atoms with E-state index in [1.165, 1.54) is 36.8 Å². The number of nitrogens with zero attached hydrogens (tertiary/aromatic N) is 1. The summed E-state index contributed by atoms with van der Waals surface area (Å²) in [7, 11) is 2.00. The van der Waals surface area contributed by atoms with Gasteiger partial charge in [0.1, 0.15) is 0 Å². The molecule has 0 unspecified atom stereocenters. The molecule has 2 nitrogen and oxygen atoms in total. The highest BCUT2D eigenvalue weighted by molar-refractivity contribution is 5.78. The van der Waals surface area contributed by atoms with Gasteiger partial charge in [-0.15, -0.1) is 0 Å². The Hall–Kier alpha value is -2.09. The van der Waals surface area contributed by atoms with E-state index in [1.54, 1.807) is 0 Å². The highest BCUT2D eigenvalue weighted by atomic mass is 16.2. The molecule has 4 aliphatic rings.